The number of imide groups is 1. The number of azo groups is 1. The number of benzene rings is 1. The van der Waals surface area contributed by atoms with Gasteiger partial charge in [-0.15, -0.1) is 0 Å². The molecule has 1 aromatic carbocycles. The van der Waals surface area contributed by atoms with Crippen molar-refractivity contribution in [1.29, 1.82) is 0 Å². The Hall–Kier alpha value is -1.17. The maximum atomic E-state index is 12.5. The van der Waals surface area contributed by atoms with Crippen LogP contribution in [0.1, 0.15) is 12.8 Å². The van der Waals surface area contributed by atoms with Crippen LogP contribution in [0.15, 0.2) is 28.4 Å². The monoisotopic (exact) mass is 331 g/mol. The molecule has 0 N–H and O–H groups in total. The molecule has 3 rings (SSSR count). The first-order valence-electron chi connectivity index (χ1n) is 5.81. The predicted octanol–water partition coefficient (Wildman–Crippen LogP) is 3.42. The largest absolute Gasteiger partial charge is 0.274 e. The van der Waals surface area contributed by atoms with Gasteiger partial charge in [0.15, 0.2) is 5.54 Å². The van der Waals surface area contributed by atoms with Crippen molar-refractivity contribution >= 4 is 52.3 Å². The Kier molecular flexibility index (Phi) is 3.23. The van der Waals surface area contributed by atoms with Crippen LogP contribution in [0.4, 0.5) is 5.69 Å². The number of halogens is 3. The molecule has 2 aliphatic heterocycles. The first-order valence-corrected chi connectivity index (χ1v) is 7.00. The molecule has 0 radical (unpaired) electrons. The molecule has 2 amide bonds. The number of alkyl halides is 1. The number of nitrogens with zero attached hydrogens (tertiary/aromatic N) is 3. The zero-order valence-corrected chi connectivity index (χ0v) is 12.3. The molecule has 1 spiro atoms. The second-order valence-electron chi connectivity index (χ2n) is 4.72. The molecule has 2 unspecified atom stereocenters. The van der Waals surface area contributed by atoms with Crippen molar-refractivity contribution in [3.05, 3.63) is 28.2 Å². The highest BCUT2D eigenvalue weighted by Gasteiger charge is 2.56. The van der Waals surface area contributed by atoms with Gasteiger partial charge in [0.05, 0.1) is 12.1 Å². The van der Waals surface area contributed by atoms with E-state index in [-0.39, 0.29) is 18.7 Å². The zero-order chi connectivity index (χ0) is 14.5. The van der Waals surface area contributed by atoms with Crippen LogP contribution in [0, 0.1) is 0 Å². The lowest BCUT2D eigenvalue weighted by Gasteiger charge is -2.18. The molecule has 0 aliphatic carbocycles. The fraction of sp³-hybridized carbons (Fsp3) is 0.333. The number of carbonyl (C=O) groups excluding carboxylic acids is 2. The van der Waals surface area contributed by atoms with Crippen LogP contribution in [-0.4, -0.2) is 22.9 Å². The van der Waals surface area contributed by atoms with Crippen molar-refractivity contribution in [2.75, 3.05) is 4.90 Å². The number of hydrogen-bond acceptors (Lipinski definition) is 4. The van der Waals surface area contributed by atoms with Gasteiger partial charge in [-0.2, -0.15) is 10.2 Å². The van der Waals surface area contributed by atoms with Gasteiger partial charge in [0, 0.05) is 16.5 Å². The predicted molar refractivity (Wildman–Crippen MR) is 75.4 cm³/mol. The fourth-order valence-electron chi connectivity index (χ4n) is 2.43. The summed E-state index contributed by atoms with van der Waals surface area (Å²) >= 11 is 17.7. The highest BCUT2D eigenvalue weighted by atomic mass is 35.5. The van der Waals surface area contributed by atoms with Crippen LogP contribution in [0.3, 0.4) is 0 Å². The summed E-state index contributed by atoms with van der Waals surface area (Å²) in [5.74, 6) is -0.800. The number of rotatable bonds is 1. The zero-order valence-electron chi connectivity index (χ0n) is 10.0. The van der Waals surface area contributed by atoms with Gasteiger partial charge in [0.1, 0.15) is 5.50 Å². The molecule has 1 fully saturated rings. The summed E-state index contributed by atoms with van der Waals surface area (Å²) in [6.45, 7) is 0. The van der Waals surface area contributed by atoms with Crippen molar-refractivity contribution in [2.45, 2.75) is 23.9 Å². The topological polar surface area (TPSA) is 62.1 Å². The van der Waals surface area contributed by atoms with Crippen molar-refractivity contribution in [3.8, 4) is 0 Å². The van der Waals surface area contributed by atoms with E-state index < -0.39 is 16.9 Å². The van der Waals surface area contributed by atoms with Gasteiger partial charge in [0.2, 0.25) is 5.91 Å². The van der Waals surface area contributed by atoms with Gasteiger partial charge >= 0.3 is 0 Å². The average Bonchev–Trinajstić information content (AvgIpc) is 2.80. The van der Waals surface area contributed by atoms with Crippen molar-refractivity contribution in [2.24, 2.45) is 10.2 Å². The lowest BCUT2D eigenvalue weighted by molar-refractivity contribution is -0.122. The Labute approximate surface area is 129 Å². The van der Waals surface area contributed by atoms with E-state index in [0.29, 0.717) is 15.7 Å². The second-order valence-corrected chi connectivity index (χ2v) is 6.10. The molecule has 5 nitrogen and oxygen atoms in total. The number of amides is 2. The van der Waals surface area contributed by atoms with Crippen molar-refractivity contribution in [1.82, 2.24) is 0 Å². The number of carbonyl (C=O) groups is 2. The first kappa shape index (κ1) is 13.8. The van der Waals surface area contributed by atoms with Gasteiger partial charge < -0.3 is 0 Å². The van der Waals surface area contributed by atoms with Crippen LogP contribution in [0.25, 0.3) is 0 Å². The molecule has 0 aromatic heterocycles. The fourth-order valence-corrected chi connectivity index (χ4v) is 3.24. The van der Waals surface area contributed by atoms with E-state index in [0.717, 1.165) is 4.90 Å². The summed E-state index contributed by atoms with van der Waals surface area (Å²) in [5.41, 5.74) is -1.41. The molecule has 1 saturated heterocycles. The van der Waals surface area contributed by atoms with Crippen molar-refractivity contribution in [3.63, 3.8) is 0 Å². The van der Waals surface area contributed by atoms with E-state index in [1.807, 2.05) is 0 Å². The lowest BCUT2D eigenvalue weighted by atomic mass is 9.95. The Bertz CT molecular complexity index is 629. The van der Waals surface area contributed by atoms with E-state index in [4.69, 9.17) is 34.8 Å². The Morgan fingerprint density at radius 2 is 1.85 bits per heavy atom. The summed E-state index contributed by atoms with van der Waals surface area (Å²) in [4.78, 5) is 25.7. The van der Waals surface area contributed by atoms with E-state index in [1.54, 1.807) is 0 Å². The van der Waals surface area contributed by atoms with Crippen LogP contribution in [-0.2, 0) is 9.59 Å². The highest BCUT2D eigenvalue weighted by molar-refractivity contribution is 6.36. The average molecular weight is 333 g/mol. The van der Waals surface area contributed by atoms with Gasteiger partial charge in [-0.3, -0.25) is 9.59 Å². The lowest BCUT2D eigenvalue weighted by Crippen LogP contribution is -2.38. The summed E-state index contributed by atoms with van der Waals surface area (Å²) in [6, 6.07) is 4.54. The molecule has 2 atom stereocenters. The maximum absolute atomic E-state index is 12.5. The van der Waals surface area contributed by atoms with E-state index in [9.17, 15) is 9.59 Å². The molecule has 0 bridgehead atoms. The van der Waals surface area contributed by atoms with Crippen LogP contribution in [0.2, 0.25) is 10.0 Å². The van der Waals surface area contributed by atoms with E-state index in [1.165, 1.54) is 18.2 Å². The highest BCUT2D eigenvalue weighted by Crippen LogP contribution is 2.41. The van der Waals surface area contributed by atoms with Gasteiger partial charge in [-0.05, 0) is 18.2 Å². The molecular formula is C12H8Cl3N3O2. The normalized spacial score (nSPS) is 28.9. The van der Waals surface area contributed by atoms with Gasteiger partial charge in [-0.25, -0.2) is 4.90 Å². The third-order valence-corrected chi connectivity index (χ3v) is 3.96. The van der Waals surface area contributed by atoms with E-state index in [2.05, 4.69) is 10.2 Å². The SMILES string of the molecule is O=C1CC2(CC(Cl)N=N2)C(=O)N1c1cc(Cl)cc(Cl)c1. The number of anilines is 1. The van der Waals surface area contributed by atoms with Crippen molar-refractivity contribution < 1.29 is 9.59 Å². The molecule has 2 aliphatic rings. The minimum Gasteiger partial charge on any atom is -0.274 e. The quantitative estimate of drug-likeness (QED) is 0.449. The van der Waals surface area contributed by atoms with Gasteiger partial charge in [-0.1, -0.05) is 34.8 Å². The molecule has 20 heavy (non-hydrogen) atoms. The van der Waals surface area contributed by atoms with Crippen LogP contribution >= 0.6 is 34.8 Å². The van der Waals surface area contributed by atoms with E-state index >= 15 is 0 Å². The Morgan fingerprint density at radius 1 is 1.20 bits per heavy atom. The standard InChI is InChI=1S/C12H8Cl3N3O2/c13-6-1-7(14)3-8(2-6)18-10(19)5-12(11(18)20)4-9(15)16-17-12/h1-3,9H,4-5H2. The summed E-state index contributed by atoms with van der Waals surface area (Å²) in [6.07, 6.45) is 0.187. The molecule has 0 saturated carbocycles. The molecule has 104 valence electrons. The molecule has 8 heteroatoms. The Morgan fingerprint density at radius 3 is 2.40 bits per heavy atom. The van der Waals surface area contributed by atoms with Crippen LogP contribution < -0.4 is 4.90 Å². The summed E-state index contributed by atoms with van der Waals surface area (Å²) in [5, 5.41) is 8.36. The molecule has 1 aromatic rings. The third-order valence-electron chi connectivity index (χ3n) is 3.28. The second kappa shape index (κ2) is 4.69. The Balaban J connectivity index is 2.01. The minimum atomic E-state index is -1.17. The minimum absolute atomic E-state index is 0.0390. The molecule has 2 heterocycles. The van der Waals surface area contributed by atoms with Crippen LogP contribution in [0.5, 0.6) is 0 Å². The number of hydrogen-bond donors (Lipinski definition) is 0. The smallest absolute Gasteiger partial charge is 0.264 e. The maximum Gasteiger partial charge on any atom is 0.264 e. The summed E-state index contributed by atoms with van der Waals surface area (Å²) in [7, 11) is 0. The van der Waals surface area contributed by atoms with Gasteiger partial charge in [0.25, 0.3) is 5.91 Å². The third kappa shape index (κ3) is 2.10. The molecular weight excluding hydrogens is 325 g/mol. The summed E-state index contributed by atoms with van der Waals surface area (Å²) < 4.78 is 0. The first-order chi connectivity index (χ1) is 9.41.